The summed E-state index contributed by atoms with van der Waals surface area (Å²) in [6, 6.07) is 5.10. The van der Waals surface area contributed by atoms with Crippen molar-refractivity contribution in [3.8, 4) is 11.5 Å². The fourth-order valence-electron chi connectivity index (χ4n) is 3.39. The summed E-state index contributed by atoms with van der Waals surface area (Å²) in [5, 5.41) is 3.41. The zero-order valence-electron chi connectivity index (χ0n) is 15.9. The lowest BCUT2D eigenvalue weighted by atomic mass is 9.88. The lowest BCUT2D eigenvalue weighted by Gasteiger charge is -2.18. The molecule has 0 spiro atoms. The van der Waals surface area contributed by atoms with Gasteiger partial charge in [-0.3, -0.25) is 4.79 Å². The Morgan fingerprint density at radius 3 is 2.63 bits per heavy atom. The van der Waals surface area contributed by atoms with E-state index < -0.39 is 5.97 Å². The molecule has 0 bridgehead atoms. The third-order valence-corrected chi connectivity index (χ3v) is 5.95. The Morgan fingerprint density at radius 2 is 1.96 bits per heavy atom. The zero-order valence-corrected chi connectivity index (χ0v) is 16.7. The van der Waals surface area contributed by atoms with Gasteiger partial charge in [0, 0.05) is 4.88 Å². The number of methoxy groups -OCH3 is 3. The lowest BCUT2D eigenvalue weighted by molar-refractivity contribution is 0.0601. The molecule has 1 aromatic carbocycles. The van der Waals surface area contributed by atoms with E-state index in [2.05, 4.69) is 12.2 Å². The number of hydrogen-bond donors (Lipinski definition) is 1. The molecular weight excluding hydrogens is 366 g/mol. The van der Waals surface area contributed by atoms with Crippen LogP contribution in [0.25, 0.3) is 0 Å². The summed E-state index contributed by atoms with van der Waals surface area (Å²) < 4.78 is 15.6. The van der Waals surface area contributed by atoms with Crippen molar-refractivity contribution in [3.63, 3.8) is 0 Å². The normalized spacial score (nSPS) is 15.6. The number of ether oxygens (including phenoxy) is 3. The van der Waals surface area contributed by atoms with Gasteiger partial charge in [0.05, 0.1) is 32.5 Å². The fourth-order valence-corrected chi connectivity index (χ4v) is 4.79. The molecule has 0 fully saturated rings. The molecule has 1 aliphatic rings. The highest BCUT2D eigenvalue weighted by Crippen LogP contribution is 2.40. The number of para-hydroxylation sites is 1. The summed E-state index contributed by atoms with van der Waals surface area (Å²) in [7, 11) is 4.36. The standard InChI is InChI=1S/C20H23NO5S/c1-11-8-9-12-15(10-11)27-19(16(12)20(23)26-4)21-18(22)13-6-5-7-14(24-2)17(13)25-3/h5-7,11H,8-10H2,1-4H3,(H,21,22)/t11-/m0/s1. The Kier molecular flexibility index (Phi) is 5.70. The average molecular weight is 389 g/mol. The first-order chi connectivity index (χ1) is 13.0. The number of carbonyl (C=O) groups excluding carboxylic acids is 2. The molecule has 6 nitrogen and oxygen atoms in total. The number of fused-ring (bicyclic) bond motifs is 1. The SMILES string of the molecule is COC(=O)c1c(NC(=O)c2cccc(OC)c2OC)sc2c1CC[C@H](C)C2. The minimum absolute atomic E-state index is 0.340. The quantitative estimate of drug-likeness (QED) is 0.785. The van der Waals surface area contributed by atoms with Crippen molar-refractivity contribution < 1.29 is 23.8 Å². The van der Waals surface area contributed by atoms with Crippen LogP contribution in [0, 0.1) is 5.92 Å². The first kappa shape index (κ1) is 19.2. The van der Waals surface area contributed by atoms with Gasteiger partial charge in [-0.05, 0) is 42.9 Å². The highest BCUT2D eigenvalue weighted by atomic mass is 32.1. The van der Waals surface area contributed by atoms with Crippen LogP contribution in [0.15, 0.2) is 18.2 Å². The van der Waals surface area contributed by atoms with E-state index in [1.165, 1.54) is 32.7 Å². The number of nitrogens with one attached hydrogen (secondary N) is 1. The highest BCUT2D eigenvalue weighted by molar-refractivity contribution is 7.17. The van der Waals surface area contributed by atoms with E-state index in [0.29, 0.717) is 33.5 Å². The average Bonchev–Trinajstić information content (AvgIpc) is 3.03. The van der Waals surface area contributed by atoms with E-state index in [1.807, 2.05) is 0 Å². The van der Waals surface area contributed by atoms with Crippen LogP contribution in [-0.2, 0) is 17.6 Å². The van der Waals surface area contributed by atoms with Gasteiger partial charge in [0.25, 0.3) is 5.91 Å². The number of anilines is 1. The molecule has 0 saturated heterocycles. The summed E-state index contributed by atoms with van der Waals surface area (Å²) in [6.45, 7) is 2.19. The van der Waals surface area contributed by atoms with Crippen LogP contribution in [-0.4, -0.2) is 33.2 Å². The lowest BCUT2D eigenvalue weighted by Crippen LogP contribution is -2.16. The minimum Gasteiger partial charge on any atom is -0.493 e. The first-order valence-corrected chi connectivity index (χ1v) is 9.57. The van der Waals surface area contributed by atoms with Crippen LogP contribution in [0.4, 0.5) is 5.00 Å². The molecule has 1 heterocycles. The van der Waals surface area contributed by atoms with Gasteiger partial charge in [0.1, 0.15) is 5.00 Å². The summed E-state index contributed by atoms with van der Waals surface area (Å²) in [5.41, 5.74) is 1.81. The third kappa shape index (κ3) is 3.64. The van der Waals surface area contributed by atoms with Gasteiger partial charge >= 0.3 is 5.97 Å². The summed E-state index contributed by atoms with van der Waals surface area (Å²) in [6.07, 6.45) is 2.74. The maximum Gasteiger partial charge on any atom is 0.341 e. The number of amides is 1. The topological polar surface area (TPSA) is 73.9 Å². The van der Waals surface area contributed by atoms with Gasteiger partial charge < -0.3 is 19.5 Å². The molecular formula is C20H23NO5S. The molecule has 0 radical (unpaired) electrons. The maximum atomic E-state index is 12.9. The largest absolute Gasteiger partial charge is 0.493 e. The van der Waals surface area contributed by atoms with Crippen molar-refractivity contribution in [2.75, 3.05) is 26.6 Å². The molecule has 7 heteroatoms. The number of carbonyl (C=O) groups is 2. The van der Waals surface area contributed by atoms with Crippen molar-refractivity contribution in [2.24, 2.45) is 5.92 Å². The molecule has 1 aromatic heterocycles. The van der Waals surface area contributed by atoms with E-state index in [9.17, 15) is 9.59 Å². The first-order valence-electron chi connectivity index (χ1n) is 8.75. The summed E-state index contributed by atoms with van der Waals surface area (Å²) in [4.78, 5) is 26.4. The Labute approximate surface area is 162 Å². The van der Waals surface area contributed by atoms with Gasteiger partial charge in [-0.25, -0.2) is 4.79 Å². The number of benzene rings is 1. The number of esters is 1. The van der Waals surface area contributed by atoms with Crippen LogP contribution in [0.3, 0.4) is 0 Å². The number of rotatable bonds is 5. The van der Waals surface area contributed by atoms with E-state index in [4.69, 9.17) is 14.2 Å². The number of thiophene rings is 1. The molecule has 1 N–H and O–H groups in total. The molecule has 2 aromatic rings. The van der Waals surface area contributed by atoms with Crippen molar-refractivity contribution >= 4 is 28.2 Å². The predicted octanol–water partition coefficient (Wildman–Crippen LogP) is 3.93. The van der Waals surface area contributed by atoms with E-state index in [-0.39, 0.29) is 5.91 Å². The van der Waals surface area contributed by atoms with Crippen molar-refractivity contribution in [1.82, 2.24) is 0 Å². The Hall–Kier alpha value is -2.54. The van der Waals surface area contributed by atoms with Crippen molar-refractivity contribution in [3.05, 3.63) is 39.8 Å². The van der Waals surface area contributed by atoms with E-state index >= 15 is 0 Å². The predicted molar refractivity (Wildman–Crippen MR) is 104 cm³/mol. The van der Waals surface area contributed by atoms with E-state index in [0.717, 1.165) is 29.7 Å². The fraction of sp³-hybridized carbons (Fsp3) is 0.400. The van der Waals surface area contributed by atoms with Crippen LogP contribution in [0.2, 0.25) is 0 Å². The van der Waals surface area contributed by atoms with Gasteiger partial charge in [0.15, 0.2) is 11.5 Å². The summed E-state index contributed by atoms with van der Waals surface area (Å²) >= 11 is 1.45. The molecule has 27 heavy (non-hydrogen) atoms. The maximum absolute atomic E-state index is 12.9. The minimum atomic E-state index is -0.421. The van der Waals surface area contributed by atoms with Crippen molar-refractivity contribution in [1.29, 1.82) is 0 Å². The Morgan fingerprint density at radius 1 is 1.19 bits per heavy atom. The molecule has 0 unspecified atom stereocenters. The van der Waals surface area contributed by atoms with Crippen molar-refractivity contribution in [2.45, 2.75) is 26.2 Å². The second-order valence-corrected chi connectivity index (χ2v) is 7.65. The molecule has 144 valence electrons. The third-order valence-electron chi connectivity index (χ3n) is 4.78. The molecule has 1 atom stereocenters. The van der Waals surface area contributed by atoms with Gasteiger partial charge in [0.2, 0.25) is 0 Å². The smallest absolute Gasteiger partial charge is 0.341 e. The molecule has 0 saturated carbocycles. The van der Waals surface area contributed by atoms with Gasteiger partial charge in [-0.15, -0.1) is 11.3 Å². The molecule has 1 aliphatic carbocycles. The molecule has 1 amide bonds. The zero-order chi connectivity index (χ0) is 19.6. The molecule has 0 aliphatic heterocycles. The Balaban J connectivity index is 1.99. The molecule has 3 rings (SSSR count). The van der Waals surface area contributed by atoms with Gasteiger partial charge in [-0.2, -0.15) is 0 Å². The second-order valence-electron chi connectivity index (χ2n) is 6.54. The van der Waals surface area contributed by atoms with Gasteiger partial charge in [-0.1, -0.05) is 13.0 Å². The van der Waals surface area contributed by atoms with Crippen LogP contribution in [0.5, 0.6) is 11.5 Å². The monoisotopic (exact) mass is 389 g/mol. The van der Waals surface area contributed by atoms with Crippen LogP contribution in [0.1, 0.15) is 44.5 Å². The Bertz CT molecular complexity index is 873. The highest BCUT2D eigenvalue weighted by Gasteiger charge is 2.29. The van der Waals surface area contributed by atoms with E-state index in [1.54, 1.807) is 18.2 Å². The van der Waals surface area contributed by atoms with Crippen LogP contribution < -0.4 is 14.8 Å². The number of hydrogen-bond acceptors (Lipinski definition) is 6. The van der Waals surface area contributed by atoms with Crippen LogP contribution >= 0.6 is 11.3 Å². The summed E-state index contributed by atoms with van der Waals surface area (Å²) in [5.74, 6) is 0.603. The second kappa shape index (κ2) is 8.00.